The van der Waals surface area contributed by atoms with Crippen LogP contribution in [0, 0.1) is 6.92 Å². The molecule has 0 unspecified atom stereocenters. The van der Waals surface area contributed by atoms with Gasteiger partial charge in [-0.2, -0.15) is 0 Å². The van der Waals surface area contributed by atoms with Gasteiger partial charge < -0.3 is 15.7 Å². The van der Waals surface area contributed by atoms with E-state index < -0.39 is 0 Å². The molecule has 0 bridgehead atoms. The highest BCUT2D eigenvalue weighted by atomic mass is 16.3. The summed E-state index contributed by atoms with van der Waals surface area (Å²) in [5.41, 5.74) is 2.12. The van der Waals surface area contributed by atoms with Gasteiger partial charge in [-0.15, -0.1) is 0 Å². The molecule has 2 aromatic carbocycles. The lowest BCUT2D eigenvalue weighted by molar-refractivity contribution is 0.0951. The van der Waals surface area contributed by atoms with Gasteiger partial charge in [-0.05, 0) is 38.1 Å². The smallest absolute Gasteiger partial charge is 0.251 e. The number of anilines is 1. The van der Waals surface area contributed by atoms with E-state index in [0.717, 1.165) is 5.69 Å². The number of phenolic OH excluding ortho intramolecular Hbond substituents is 1. The fraction of sp³-hybridized carbons (Fsp3) is 0.235. The molecule has 0 radical (unpaired) electrons. The average Bonchev–Trinajstić information content (AvgIpc) is 2.48. The predicted molar refractivity (Wildman–Crippen MR) is 84.7 cm³/mol. The zero-order valence-corrected chi connectivity index (χ0v) is 12.3. The topological polar surface area (TPSA) is 61.4 Å². The molecule has 0 spiro atoms. The number of hydrogen-bond acceptors (Lipinski definition) is 3. The van der Waals surface area contributed by atoms with Crippen molar-refractivity contribution in [3.63, 3.8) is 0 Å². The Labute approximate surface area is 124 Å². The van der Waals surface area contributed by atoms with Crippen molar-refractivity contribution in [1.82, 2.24) is 5.32 Å². The van der Waals surface area contributed by atoms with E-state index in [1.807, 2.05) is 37.3 Å². The number of amides is 1. The Hall–Kier alpha value is -2.49. The van der Waals surface area contributed by atoms with Crippen LogP contribution in [0.4, 0.5) is 5.69 Å². The van der Waals surface area contributed by atoms with E-state index in [1.54, 1.807) is 25.1 Å². The van der Waals surface area contributed by atoms with Gasteiger partial charge in [0, 0.05) is 29.4 Å². The zero-order chi connectivity index (χ0) is 15.2. The van der Waals surface area contributed by atoms with Crippen molar-refractivity contribution < 1.29 is 9.90 Å². The van der Waals surface area contributed by atoms with E-state index in [-0.39, 0.29) is 17.7 Å². The second kappa shape index (κ2) is 6.79. The molecule has 0 aliphatic carbocycles. The lowest BCUT2D eigenvalue weighted by Gasteiger charge is -2.16. The maximum atomic E-state index is 12.1. The number of phenols is 1. The van der Waals surface area contributed by atoms with Crippen LogP contribution in [0.25, 0.3) is 0 Å². The van der Waals surface area contributed by atoms with Gasteiger partial charge in [-0.1, -0.05) is 24.3 Å². The molecule has 21 heavy (non-hydrogen) atoms. The zero-order valence-electron chi connectivity index (χ0n) is 12.3. The van der Waals surface area contributed by atoms with E-state index >= 15 is 0 Å². The normalized spacial score (nSPS) is 11.7. The summed E-state index contributed by atoms with van der Waals surface area (Å²) in [6, 6.07) is 14.9. The molecule has 0 aromatic heterocycles. The fourth-order valence-corrected chi connectivity index (χ4v) is 2.08. The molecule has 4 heteroatoms. The van der Waals surface area contributed by atoms with Crippen LogP contribution in [-0.4, -0.2) is 23.6 Å². The molecule has 2 rings (SSSR count). The molecule has 3 N–H and O–H groups in total. The highest BCUT2D eigenvalue weighted by molar-refractivity contribution is 5.96. The van der Waals surface area contributed by atoms with Crippen LogP contribution in [0.1, 0.15) is 22.8 Å². The number of hydrogen-bond donors (Lipinski definition) is 3. The number of carbonyl (C=O) groups is 1. The second-order valence-electron chi connectivity index (χ2n) is 5.07. The summed E-state index contributed by atoms with van der Waals surface area (Å²) >= 11 is 0. The monoisotopic (exact) mass is 284 g/mol. The van der Waals surface area contributed by atoms with Crippen LogP contribution in [0.5, 0.6) is 5.75 Å². The molecule has 0 fully saturated rings. The molecule has 4 nitrogen and oxygen atoms in total. The molecular formula is C17H20N2O2. The van der Waals surface area contributed by atoms with Gasteiger partial charge in [0.25, 0.3) is 5.91 Å². The number of rotatable bonds is 5. The van der Waals surface area contributed by atoms with Crippen molar-refractivity contribution >= 4 is 11.6 Å². The Balaban J connectivity index is 1.90. The summed E-state index contributed by atoms with van der Waals surface area (Å²) in [5, 5.41) is 15.8. The minimum absolute atomic E-state index is 0.106. The lowest BCUT2D eigenvalue weighted by Crippen LogP contribution is -2.34. The van der Waals surface area contributed by atoms with Crippen molar-refractivity contribution in [2.45, 2.75) is 19.9 Å². The van der Waals surface area contributed by atoms with Gasteiger partial charge in [0.15, 0.2) is 0 Å². The van der Waals surface area contributed by atoms with Gasteiger partial charge in [0.1, 0.15) is 5.75 Å². The number of nitrogens with one attached hydrogen (secondary N) is 2. The van der Waals surface area contributed by atoms with Crippen LogP contribution in [0.2, 0.25) is 0 Å². The fourth-order valence-electron chi connectivity index (χ4n) is 2.08. The predicted octanol–water partition coefficient (Wildman–Crippen LogP) is 2.93. The molecule has 1 amide bonds. The summed E-state index contributed by atoms with van der Waals surface area (Å²) in [4.78, 5) is 12.1. The van der Waals surface area contributed by atoms with Gasteiger partial charge in [0.05, 0.1) is 0 Å². The Morgan fingerprint density at radius 1 is 1.14 bits per heavy atom. The van der Waals surface area contributed by atoms with Gasteiger partial charge >= 0.3 is 0 Å². The van der Waals surface area contributed by atoms with Crippen LogP contribution in [0.3, 0.4) is 0 Å². The van der Waals surface area contributed by atoms with E-state index in [0.29, 0.717) is 17.7 Å². The average molecular weight is 284 g/mol. The third-order valence-corrected chi connectivity index (χ3v) is 3.31. The Kier molecular flexibility index (Phi) is 4.82. The van der Waals surface area contributed by atoms with Gasteiger partial charge in [-0.25, -0.2) is 0 Å². The van der Waals surface area contributed by atoms with Crippen LogP contribution in [-0.2, 0) is 0 Å². The summed E-state index contributed by atoms with van der Waals surface area (Å²) < 4.78 is 0. The second-order valence-corrected chi connectivity index (χ2v) is 5.07. The van der Waals surface area contributed by atoms with Gasteiger partial charge in [0.2, 0.25) is 0 Å². The minimum atomic E-state index is -0.176. The summed E-state index contributed by atoms with van der Waals surface area (Å²) in [7, 11) is 0. The molecule has 0 saturated carbocycles. The lowest BCUT2D eigenvalue weighted by atomic mass is 10.1. The van der Waals surface area contributed by atoms with Crippen LogP contribution < -0.4 is 10.6 Å². The third-order valence-electron chi connectivity index (χ3n) is 3.31. The Bertz CT molecular complexity index is 611. The number of benzene rings is 2. The number of para-hydroxylation sites is 1. The molecule has 2 aromatic rings. The van der Waals surface area contributed by atoms with Crippen molar-refractivity contribution in [1.29, 1.82) is 0 Å². The van der Waals surface area contributed by atoms with Crippen molar-refractivity contribution in [2.24, 2.45) is 0 Å². The maximum Gasteiger partial charge on any atom is 0.251 e. The minimum Gasteiger partial charge on any atom is -0.508 e. The highest BCUT2D eigenvalue weighted by Gasteiger charge is 2.12. The largest absolute Gasteiger partial charge is 0.508 e. The molecule has 0 saturated heterocycles. The quantitative estimate of drug-likeness (QED) is 0.791. The number of carbonyl (C=O) groups excluding carboxylic acids is 1. The highest BCUT2D eigenvalue weighted by Crippen LogP contribution is 2.19. The SMILES string of the molecule is Cc1c(O)cccc1C(=O)NC[C@H](C)Nc1ccccc1. The molecule has 110 valence electrons. The van der Waals surface area contributed by atoms with Crippen molar-refractivity contribution in [2.75, 3.05) is 11.9 Å². The molecule has 0 aliphatic heterocycles. The summed E-state index contributed by atoms with van der Waals surface area (Å²) in [5.74, 6) is -0.0387. The molecule has 0 aliphatic rings. The van der Waals surface area contributed by atoms with E-state index in [2.05, 4.69) is 10.6 Å². The Morgan fingerprint density at radius 2 is 1.86 bits per heavy atom. The molecule has 0 heterocycles. The van der Waals surface area contributed by atoms with E-state index in [9.17, 15) is 9.90 Å². The van der Waals surface area contributed by atoms with Crippen molar-refractivity contribution in [3.8, 4) is 5.75 Å². The van der Waals surface area contributed by atoms with Crippen LogP contribution in [0.15, 0.2) is 48.5 Å². The Morgan fingerprint density at radius 3 is 2.57 bits per heavy atom. The first-order chi connectivity index (χ1) is 10.1. The molecule has 1 atom stereocenters. The summed E-state index contributed by atoms with van der Waals surface area (Å²) in [6.07, 6.45) is 0. The van der Waals surface area contributed by atoms with E-state index in [1.165, 1.54) is 0 Å². The third kappa shape index (κ3) is 3.99. The number of aromatic hydroxyl groups is 1. The first kappa shape index (κ1) is 14.9. The molecular weight excluding hydrogens is 264 g/mol. The van der Waals surface area contributed by atoms with E-state index in [4.69, 9.17) is 0 Å². The first-order valence-electron chi connectivity index (χ1n) is 6.96. The van der Waals surface area contributed by atoms with Crippen LogP contribution >= 0.6 is 0 Å². The summed E-state index contributed by atoms with van der Waals surface area (Å²) in [6.45, 7) is 4.24. The van der Waals surface area contributed by atoms with Crippen molar-refractivity contribution in [3.05, 3.63) is 59.7 Å². The first-order valence-corrected chi connectivity index (χ1v) is 6.96. The maximum absolute atomic E-state index is 12.1. The standard InChI is InChI=1S/C17H20N2O2/c1-12(19-14-7-4-3-5-8-14)11-18-17(21)15-9-6-10-16(20)13(15)2/h3-10,12,19-20H,11H2,1-2H3,(H,18,21)/t12-/m0/s1. The van der Waals surface area contributed by atoms with Gasteiger partial charge in [-0.3, -0.25) is 4.79 Å².